The molecule has 0 spiro atoms. The lowest BCUT2D eigenvalue weighted by Crippen LogP contribution is -2.53. The van der Waals surface area contributed by atoms with Gasteiger partial charge in [-0.3, -0.25) is 9.69 Å². The highest BCUT2D eigenvalue weighted by atomic mass is 16.3. The van der Waals surface area contributed by atoms with E-state index in [0.717, 1.165) is 43.4 Å². The first-order chi connectivity index (χ1) is 11.9. The van der Waals surface area contributed by atoms with Crippen molar-refractivity contribution in [1.82, 2.24) is 20.4 Å². The number of hydrogen-bond acceptors (Lipinski definition) is 4. The Labute approximate surface area is 147 Å². The van der Waals surface area contributed by atoms with E-state index in [9.17, 15) is 19.5 Å². The molecule has 0 bridgehead atoms. The maximum atomic E-state index is 12.6. The lowest BCUT2D eigenvalue weighted by Gasteiger charge is -2.43. The van der Waals surface area contributed by atoms with Gasteiger partial charge in [-0.15, -0.1) is 0 Å². The third kappa shape index (κ3) is 3.73. The van der Waals surface area contributed by atoms with Gasteiger partial charge in [0, 0.05) is 31.6 Å². The number of urea groups is 2. The molecule has 3 rings (SSSR count). The van der Waals surface area contributed by atoms with Crippen LogP contribution < -0.4 is 10.6 Å². The molecule has 25 heavy (non-hydrogen) atoms. The summed E-state index contributed by atoms with van der Waals surface area (Å²) in [5.41, 5.74) is -0.716. The highest BCUT2D eigenvalue weighted by molar-refractivity contribution is 6.01. The molecule has 8 heteroatoms. The molecule has 2 heterocycles. The predicted molar refractivity (Wildman–Crippen MR) is 90.8 cm³/mol. The van der Waals surface area contributed by atoms with Gasteiger partial charge in [-0.2, -0.15) is 0 Å². The molecule has 8 nitrogen and oxygen atoms in total. The molecule has 1 saturated carbocycles. The molecule has 0 radical (unpaired) electrons. The average molecular weight is 352 g/mol. The van der Waals surface area contributed by atoms with E-state index in [0.29, 0.717) is 6.54 Å². The summed E-state index contributed by atoms with van der Waals surface area (Å²) < 4.78 is 0. The summed E-state index contributed by atoms with van der Waals surface area (Å²) in [6.07, 6.45) is 5.73. The number of nitrogens with zero attached hydrogens (tertiary/aromatic N) is 2. The SMILES string of the molecule is CC1(O)CCCCC1C1CCCN1C(=O)NCCN1C(=O)CNC1=O. The molecule has 0 aromatic heterocycles. The fraction of sp³-hybridized carbons (Fsp3) is 0.824. The number of nitrogens with one attached hydrogen (secondary N) is 2. The van der Waals surface area contributed by atoms with Crippen molar-refractivity contribution in [2.75, 3.05) is 26.2 Å². The molecule has 1 aliphatic carbocycles. The first-order valence-corrected chi connectivity index (χ1v) is 9.25. The zero-order chi connectivity index (χ0) is 18.0. The standard InChI is InChI=1S/C17H28N4O4/c1-17(25)7-3-2-5-12(17)13-6-4-9-20(13)15(23)18-8-10-21-14(22)11-19-16(21)24/h12-13,25H,2-11H2,1H3,(H,18,23)(H,19,24). The Morgan fingerprint density at radius 2 is 2.12 bits per heavy atom. The van der Waals surface area contributed by atoms with Crippen LogP contribution in [0.2, 0.25) is 0 Å². The number of carbonyl (C=O) groups excluding carboxylic acids is 3. The van der Waals surface area contributed by atoms with Crippen LogP contribution in [0.4, 0.5) is 9.59 Å². The minimum atomic E-state index is -0.716. The van der Waals surface area contributed by atoms with Gasteiger partial charge in [0.2, 0.25) is 5.91 Å². The molecule has 2 saturated heterocycles. The van der Waals surface area contributed by atoms with Crippen molar-refractivity contribution in [1.29, 1.82) is 0 Å². The van der Waals surface area contributed by atoms with Crippen LogP contribution >= 0.6 is 0 Å². The Kier molecular flexibility index (Phi) is 5.17. The van der Waals surface area contributed by atoms with Crippen LogP contribution in [0.25, 0.3) is 0 Å². The van der Waals surface area contributed by atoms with E-state index < -0.39 is 11.6 Å². The van der Waals surface area contributed by atoms with Crippen molar-refractivity contribution in [3.63, 3.8) is 0 Å². The molecule has 5 amide bonds. The molecular weight excluding hydrogens is 324 g/mol. The lowest BCUT2D eigenvalue weighted by atomic mass is 9.72. The van der Waals surface area contributed by atoms with E-state index in [1.165, 1.54) is 0 Å². The second-order valence-corrected chi connectivity index (χ2v) is 7.55. The normalized spacial score (nSPS) is 32.9. The van der Waals surface area contributed by atoms with Crippen LogP contribution in [0.3, 0.4) is 0 Å². The van der Waals surface area contributed by atoms with E-state index in [1.807, 2.05) is 11.8 Å². The molecule has 0 aromatic rings. The topological polar surface area (TPSA) is 102 Å². The van der Waals surface area contributed by atoms with Gasteiger partial charge in [0.25, 0.3) is 0 Å². The van der Waals surface area contributed by atoms with Crippen molar-refractivity contribution in [3.05, 3.63) is 0 Å². The highest BCUT2D eigenvalue weighted by Crippen LogP contribution is 2.40. The molecule has 2 aliphatic heterocycles. The summed E-state index contributed by atoms with van der Waals surface area (Å²) >= 11 is 0. The van der Waals surface area contributed by atoms with Gasteiger partial charge < -0.3 is 20.6 Å². The van der Waals surface area contributed by atoms with E-state index in [1.54, 1.807) is 0 Å². The highest BCUT2D eigenvalue weighted by Gasteiger charge is 2.44. The summed E-state index contributed by atoms with van der Waals surface area (Å²) in [7, 11) is 0. The second-order valence-electron chi connectivity index (χ2n) is 7.55. The molecule has 140 valence electrons. The van der Waals surface area contributed by atoms with Crippen molar-refractivity contribution in [2.45, 2.75) is 57.1 Å². The number of carbonyl (C=O) groups is 3. The zero-order valence-electron chi connectivity index (χ0n) is 14.8. The Morgan fingerprint density at radius 1 is 1.32 bits per heavy atom. The van der Waals surface area contributed by atoms with E-state index in [2.05, 4.69) is 10.6 Å². The zero-order valence-corrected chi connectivity index (χ0v) is 14.8. The number of imide groups is 1. The predicted octanol–water partition coefficient (Wildman–Crippen LogP) is 0.653. The second kappa shape index (κ2) is 7.19. The number of amides is 5. The summed E-state index contributed by atoms with van der Waals surface area (Å²) in [6.45, 7) is 3.02. The Hall–Kier alpha value is -1.83. The molecule has 3 N–H and O–H groups in total. The summed E-state index contributed by atoms with van der Waals surface area (Å²) in [6, 6.07) is -0.514. The van der Waals surface area contributed by atoms with Gasteiger partial charge in [-0.1, -0.05) is 12.8 Å². The number of aliphatic hydroxyl groups is 1. The van der Waals surface area contributed by atoms with Crippen LogP contribution in [0, 0.1) is 5.92 Å². The smallest absolute Gasteiger partial charge is 0.324 e. The third-order valence-electron chi connectivity index (χ3n) is 5.82. The van der Waals surface area contributed by atoms with Crippen LogP contribution in [0.1, 0.15) is 45.4 Å². The first kappa shape index (κ1) is 18.0. The lowest BCUT2D eigenvalue weighted by molar-refractivity contribution is -0.124. The first-order valence-electron chi connectivity index (χ1n) is 9.25. The summed E-state index contributed by atoms with van der Waals surface area (Å²) in [5.74, 6) is -0.156. The molecule has 3 atom stereocenters. The summed E-state index contributed by atoms with van der Waals surface area (Å²) in [4.78, 5) is 38.6. The molecule has 3 aliphatic rings. The number of rotatable bonds is 4. The maximum absolute atomic E-state index is 12.6. The fourth-order valence-corrected chi connectivity index (χ4v) is 4.47. The Bertz CT molecular complexity index is 535. The molecule has 3 fully saturated rings. The van der Waals surface area contributed by atoms with Gasteiger partial charge >= 0.3 is 12.1 Å². The van der Waals surface area contributed by atoms with E-state index >= 15 is 0 Å². The van der Waals surface area contributed by atoms with Crippen LogP contribution in [-0.4, -0.2) is 70.7 Å². The summed E-state index contributed by atoms with van der Waals surface area (Å²) in [5, 5.41) is 16.0. The fourth-order valence-electron chi connectivity index (χ4n) is 4.47. The van der Waals surface area contributed by atoms with Gasteiger partial charge in [0.05, 0.1) is 12.1 Å². The minimum Gasteiger partial charge on any atom is -0.390 e. The largest absolute Gasteiger partial charge is 0.390 e. The van der Waals surface area contributed by atoms with Gasteiger partial charge in [-0.05, 0) is 32.6 Å². The number of likely N-dealkylation sites (tertiary alicyclic amines) is 1. The number of hydrogen-bond donors (Lipinski definition) is 3. The van der Waals surface area contributed by atoms with Gasteiger partial charge in [0.1, 0.15) is 0 Å². The molecular formula is C17H28N4O4. The maximum Gasteiger partial charge on any atom is 0.324 e. The molecule has 0 aromatic carbocycles. The van der Waals surface area contributed by atoms with Crippen molar-refractivity contribution < 1.29 is 19.5 Å². The van der Waals surface area contributed by atoms with Crippen molar-refractivity contribution >= 4 is 18.0 Å². The van der Waals surface area contributed by atoms with E-state index in [-0.39, 0.29) is 43.5 Å². The Balaban J connectivity index is 1.54. The van der Waals surface area contributed by atoms with Crippen molar-refractivity contribution in [2.24, 2.45) is 5.92 Å². The molecule has 3 unspecified atom stereocenters. The van der Waals surface area contributed by atoms with Gasteiger partial charge in [0.15, 0.2) is 0 Å². The quantitative estimate of drug-likeness (QED) is 0.647. The monoisotopic (exact) mass is 352 g/mol. The Morgan fingerprint density at radius 3 is 2.80 bits per heavy atom. The average Bonchev–Trinajstić information content (AvgIpc) is 3.16. The van der Waals surface area contributed by atoms with Crippen LogP contribution in [0.15, 0.2) is 0 Å². The van der Waals surface area contributed by atoms with Crippen LogP contribution in [-0.2, 0) is 4.79 Å². The van der Waals surface area contributed by atoms with Gasteiger partial charge in [-0.25, -0.2) is 9.59 Å². The third-order valence-corrected chi connectivity index (χ3v) is 5.82. The van der Waals surface area contributed by atoms with Crippen LogP contribution in [0.5, 0.6) is 0 Å². The minimum absolute atomic E-state index is 0.0255. The van der Waals surface area contributed by atoms with E-state index in [4.69, 9.17) is 0 Å². The van der Waals surface area contributed by atoms with Crippen molar-refractivity contribution in [3.8, 4) is 0 Å².